The zero-order chi connectivity index (χ0) is 15.4. The van der Waals surface area contributed by atoms with E-state index in [4.69, 9.17) is 0 Å². The van der Waals surface area contributed by atoms with Crippen molar-refractivity contribution in [2.75, 3.05) is 0 Å². The van der Waals surface area contributed by atoms with Crippen molar-refractivity contribution in [2.45, 2.75) is 13.5 Å². The Labute approximate surface area is 127 Å². The maximum Gasteiger partial charge on any atom is 0.251 e. The zero-order valence-electron chi connectivity index (χ0n) is 12.0. The van der Waals surface area contributed by atoms with Crippen LogP contribution in [0.5, 0.6) is 0 Å². The molecule has 0 aliphatic heterocycles. The van der Waals surface area contributed by atoms with Gasteiger partial charge in [0.15, 0.2) is 5.82 Å². The average molecular weight is 294 g/mol. The van der Waals surface area contributed by atoms with Crippen LogP contribution in [-0.4, -0.2) is 31.1 Å². The highest BCUT2D eigenvalue weighted by molar-refractivity contribution is 5.94. The number of tetrazole rings is 1. The van der Waals surface area contributed by atoms with Crippen molar-refractivity contribution >= 4 is 5.91 Å². The van der Waals surface area contributed by atoms with Crippen molar-refractivity contribution in [3.05, 3.63) is 65.7 Å². The van der Waals surface area contributed by atoms with E-state index in [9.17, 15) is 4.79 Å². The summed E-state index contributed by atoms with van der Waals surface area (Å²) >= 11 is 0. The Balaban J connectivity index is 1.67. The van der Waals surface area contributed by atoms with Crippen molar-refractivity contribution in [3.63, 3.8) is 0 Å². The van der Waals surface area contributed by atoms with Gasteiger partial charge in [0.2, 0.25) is 0 Å². The van der Waals surface area contributed by atoms with Crippen LogP contribution in [0.25, 0.3) is 5.69 Å². The number of rotatable bonds is 4. The molecule has 1 aromatic carbocycles. The highest BCUT2D eigenvalue weighted by Crippen LogP contribution is 2.09. The van der Waals surface area contributed by atoms with E-state index in [1.165, 1.54) is 0 Å². The summed E-state index contributed by atoms with van der Waals surface area (Å²) in [5.74, 6) is 0.553. The lowest BCUT2D eigenvalue weighted by atomic mass is 10.2. The van der Waals surface area contributed by atoms with Gasteiger partial charge in [0.25, 0.3) is 5.91 Å². The molecule has 1 N–H and O–H groups in total. The first-order valence-corrected chi connectivity index (χ1v) is 6.76. The number of nitrogens with one attached hydrogen (secondary N) is 1. The Kier molecular flexibility index (Phi) is 3.86. The number of hydrogen-bond acceptors (Lipinski definition) is 5. The van der Waals surface area contributed by atoms with Crippen LogP contribution in [0.2, 0.25) is 0 Å². The van der Waals surface area contributed by atoms with Crippen molar-refractivity contribution in [1.29, 1.82) is 0 Å². The highest BCUT2D eigenvalue weighted by Gasteiger charge is 2.07. The molecular formula is C15H14N6O. The molecule has 7 heteroatoms. The predicted molar refractivity (Wildman–Crippen MR) is 79.3 cm³/mol. The van der Waals surface area contributed by atoms with Crippen LogP contribution in [0.3, 0.4) is 0 Å². The van der Waals surface area contributed by atoms with Crippen LogP contribution >= 0.6 is 0 Å². The van der Waals surface area contributed by atoms with Gasteiger partial charge < -0.3 is 5.32 Å². The Morgan fingerprint density at radius 3 is 2.68 bits per heavy atom. The molecule has 0 unspecified atom stereocenters. The Bertz CT molecular complexity index is 766. The number of carbonyl (C=O) groups is 1. The van der Waals surface area contributed by atoms with Crippen LogP contribution in [-0.2, 0) is 6.54 Å². The molecule has 0 bridgehead atoms. The topological polar surface area (TPSA) is 85.6 Å². The lowest BCUT2D eigenvalue weighted by Gasteiger charge is -2.06. The molecule has 0 aliphatic rings. The third-order valence-electron chi connectivity index (χ3n) is 3.18. The normalized spacial score (nSPS) is 10.4. The fourth-order valence-electron chi connectivity index (χ4n) is 2.01. The lowest BCUT2D eigenvalue weighted by Crippen LogP contribution is -2.22. The largest absolute Gasteiger partial charge is 0.348 e. The minimum atomic E-state index is -0.135. The van der Waals surface area contributed by atoms with Gasteiger partial charge in [-0.3, -0.25) is 9.78 Å². The Morgan fingerprint density at radius 1 is 1.23 bits per heavy atom. The number of aromatic nitrogens is 5. The summed E-state index contributed by atoms with van der Waals surface area (Å²) in [6.07, 6.45) is 3.43. The van der Waals surface area contributed by atoms with Gasteiger partial charge in [-0.1, -0.05) is 6.07 Å². The maximum absolute atomic E-state index is 12.1. The zero-order valence-corrected chi connectivity index (χ0v) is 12.0. The minimum absolute atomic E-state index is 0.135. The SMILES string of the molecule is Cc1nnnn1-c1ccc(C(=O)NCc2cccnc2)cc1. The van der Waals surface area contributed by atoms with E-state index in [0.717, 1.165) is 11.3 Å². The number of benzene rings is 1. The molecule has 0 saturated carbocycles. The number of amides is 1. The van der Waals surface area contributed by atoms with E-state index in [1.807, 2.05) is 31.2 Å². The summed E-state index contributed by atoms with van der Waals surface area (Å²) < 4.78 is 1.61. The molecule has 2 aromatic heterocycles. The minimum Gasteiger partial charge on any atom is -0.348 e. The molecular weight excluding hydrogens is 280 g/mol. The standard InChI is InChI=1S/C15H14N6O/c1-11-18-19-20-21(11)14-6-4-13(5-7-14)15(22)17-10-12-3-2-8-16-9-12/h2-9H,10H2,1H3,(H,17,22). The predicted octanol–water partition coefficient (Wildman–Crippen LogP) is 1.30. The van der Waals surface area contributed by atoms with Gasteiger partial charge in [-0.05, 0) is 53.2 Å². The fraction of sp³-hybridized carbons (Fsp3) is 0.133. The second-order valence-electron chi connectivity index (χ2n) is 4.73. The monoisotopic (exact) mass is 294 g/mol. The first-order chi connectivity index (χ1) is 10.7. The molecule has 0 atom stereocenters. The van der Waals surface area contributed by atoms with Gasteiger partial charge in [-0.25, -0.2) is 0 Å². The molecule has 0 spiro atoms. The van der Waals surface area contributed by atoms with Gasteiger partial charge in [0.1, 0.15) is 0 Å². The van der Waals surface area contributed by atoms with E-state index in [1.54, 1.807) is 29.2 Å². The van der Waals surface area contributed by atoms with Gasteiger partial charge in [0.05, 0.1) is 5.69 Å². The molecule has 0 saturated heterocycles. The van der Waals surface area contributed by atoms with Crippen LogP contribution in [0.1, 0.15) is 21.7 Å². The maximum atomic E-state index is 12.1. The summed E-state index contributed by atoms with van der Waals surface area (Å²) in [5.41, 5.74) is 2.35. The highest BCUT2D eigenvalue weighted by atomic mass is 16.1. The molecule has 0 radical (unpaired) electrons. The van der Waals surface area contributed by atoms with Crippen molar-refractivity contribution in [2.24, 2.45) is 0 Å². The van der Waals surface area contributed by atoms with Crippen LogP contribution in [0.15, 0.2) is 48.8 Å². The second-order valence-corrected chi connectivity index (χ2v) is 4.73. The first-order valence-electron chi connectivity index (χ1n) is 6.76. The molecule has 7 nitrogen and oxygen atoms in total. The number of aryl methyl sites for hydroxylation is 1. The van der Waals surface area contributed by atoms with E-state index < -0.39 is 0 Å². The molecule has 1 amide bonds. The molecule has 3 rings (SSSR count). The third kappa shape index (κ3) is 2.98. The molecule has 0 aliphatic carbocycles. The summed E-state index contributed by atoms with van der Waals surface area (Å²) in [6, 6.07) is 10.9. The molecule has 3 aromatic rings. The molecule has 110 valence electrons. The van der Waals surface area contributed by atoms with Crippen LogP contribution in [0, 0.1) is 6.92 Å². The van der Waals surface area contributed by atoms with Gasteiger partial charge in [-0.15, -0.1) is 5.10 Å². The van der Waals surface area contributed by atoms with Crippen molar-refractivity contribution in [3.8, 4) is 5.69 Å². The number of carbonyl (C=O) groups excluding carboxylic acids is 1. The average Bonchev–Trinajstić information content (AvgIpc) is 3.00. The Morgan fingerprint density at radius 2 is 2.05 bits per heavy atom. The molecule has 2 heterocycles. The van der Waals surface area contributed by atoms with E-state index in [2.05, 4.69) is 25.8 Å². The summed E-state index contributed by atoms with van der Waals surface area (Å²) in [6.45, 7) is 2.26. The fourth-order valence-corrected chi connectivity index (χ4v) is 2.01. The summed E-state index contributed by atoms with van der Waals surface area (Å²) in [7, 11) is 0. The van der Waals surface area contributed by atoms with Gasteiger partial charge in [-0.2, -0.15) is 4.68 Å². The Hall–Kier alpha value is -3.09. The van der Waals surface area contributed by atoms with Crippen molar-refractivity contribution in [1.82, 2.24) is 30.5 Å². The van der Waals surface area contributed by atoms with Crippen LogP contribution in [0.4, 0.5) is 0 Å². The lowest BCUT2D eigenvalue weighted by molar-refractivity contribution is 0.0951. The smallest absolute Gasteiger partial charge is 0.251 e. The van der Waals surface area contributed by atoms with E-state index in [-0.39, 0.29) is 5.91 Å². The number of nitrogens with zero attached hydrogens (tertiary/aromatic N) is 5. The van der Waals surface area contributed by atoms with E-state index in [0.29, 0.717) is 17.9 Å². The molecule has 22 heavy (non-hydrogen) atoms. The molecule has 0 fully saturated rings. The first kappa shape index (κ1) is 13.9. The quantitative estimate of drug-likeness (QED) is 0.783. The van der Waals surface area contributed by atoms with Crippen LogP contribution < -0.4 is 5.32 Å². The third-order valence-corrected chi connectivity index (χ3v) is 3.18. The summed E-state index contributed by atoms with van der Waals surface area (Å²) in [4.78, 5) is 16.1. The van der Waals surface area contributed by atoms with Crippen molar-refractivity contribution < 1.29 is 4.79 Å². The number of hydrogen-bond donors (Lipinski definition) is 1. The number of pyridine rings is 1. The second kappa shape index (κ2) is 6.13. The van der Waals surface area contributed by atoms with Gasteiger partial charge >= 0.3 is 0 Å². The van der Waals surface area contributed by atoms with Gasteiger partial charge in [0, 0.05) is 24.5 Å². The summed E-state index contributed by atoms with van der Waals surface area (Å²) in [5, 5.41) is 14.2. The van der Waals surface area contributed by atoms with E-state index >= 15 is 0 Å².